The van der Waals surface area contributed by atoms with Gasteiger partial charge >= 0.3 is 0 Å². The van der Waals surface area contributed by atoms with Crippen LogP contribution in [0.15, 0.2) is 24.5 Å². The van der Waals surface area contributed by atoms with Gasteiger partial charge in [-0.15, -0.1) is 18.2 Å². The molecule has 0 amide bonds. The molecule has 88 valence electrons. The van der Waals surface area contributed by atoms with Gasteiger partial charge in [0, 0.05) is 17.2 Å². The summed E-state index contributed by atoms with van der Waals surface area (Å²) in [7, 11) is 0. The van der Waals surface area contributed by atoms with E-state index in [0.29, 0.717) is 12.2 Å². The summed E-state index contributed by atoms with van der Waals surface area (Å²) in [5.74, 6) is 0.408. The Hall–Kier alpha value is -0.430. The molecule has 1 unspecified atom stereocenters. The summed E-state index contributed by atoms with van der Waals surface area (Å²) < 4.78 is 0. The summed E-state index contributed by atoms with van der Waals surface area (Å²) in [4.78, 5) is 0. The molecule has 0 aliphatic carbocycles. The predicted octanol–water partition coefficient (Wildman–Crippen LogP) is 4.68. The van der Waals surface area contributed by atoms with E-state index in [2.05, 4.69) is 27.4 Å². The minimum Gasteiger partial charge on any atom is -0.513 e. The molecule has 2 heteroatoms. The maximum atomic E-state index is 9.62. The van der Waals surface area contributed by atoms with Crippen molar-refractivity contribution >= 4 is 11.6 Å². The maximum Gasteiger partial charge on any atom is 0.0885 e. The van der Waals surface area contributed by atoms with Crippen LogP contribution in [0.5, 0.6) is 0 Å². The van der Waals surface area contributed by atoms with Crippen LogP contribution in [0.2, 0.25) is 0 Å². The molecule has 15 heavy (non-hydrogen) atoms. The number of aliphatic hydroxyl groups excluding tert-OH is 1. The van der Waals surface area contributed by atoms with E-state index >= 15 is 0 Å². The van der Waals surface area contributed by atoms with Gasteiger partial charge in [-0.25, -0.2) is 0 Å². The SMILES string of the molecule is C=CC(C)([C@H](C)Cl)C(C)(C)/C=C(/O)CC. The maximum absolute atomic E-state index is 9.62. The van der Waals surface area contributed by atoms with Crippen molar-refractivity contribution in [2.75, 3.05) is 0 Å². The molecule has 0 rings (SSSR count). The largest absolute Gasteiger partial charge is 0.513 e. The van der Waals surface area contributed by atoms with E-state index < -0.39 is 0 Å². The van der Waals surface area contributed by atoms with Crippen LogP contribution in [0.1, 0.15) is 41.0 Å². The zero-order chi connectivity index (χ0) is 12.3. The van der Waals surface area contributed by atoms with Gasteiger partial charge in [0.2, 0.25) is 0 Å². The highest BCUT2D eigenvalue weighted by Gasteiger charge is 2.41. The third kappa shape index (κ3) is 3.01. The minimum absolute atomic E-state index is 0.0362. The molecular weight excluding hydrogens is 208 g/mol. The predicted molar refractivity (Wildman–Crippen MR) is 68.4 cm³/mol. The lowest BCUT2D eigenvalue weighted by Crippen LogP contribution is -2.38. The number of halogens is 1. The quantitative estimate of drug-likeness (QED) is 0.413. The normalized spacial score (nSPS) is 19.5. The van der Waals surface area contributed by atoms with Crippen molar-refractivity contribution in [1.29, 1.82) is 0 Å². The van der Waals surface area contributed by atoms with Crippen molar-refractivity contribution in [3.05, 3.63) is 24.5 Å². The summed E-state index contributed by atoms with van der Waals surface area (Å²) in [6.45, 7) is 14.0. The van der Waals surface area contributed by atoms with Crippen molar-refractivity contribution in [3.8, 4) is 0 Å². The molecule has 2 atom stereocenters. The fraction of sp³-hybridized carbons (Fsp3) is 0.692. The summed E-state index contributed by atoms with van der Waals surface area (Å²) in [5, 5.41) is 9.58. The third-order valence-electron chi connectivity index (χ3n) is 3.53. The Kier molecular flexibility index (Phi) is 4.92. The number of rotatable bonds is 5. The first-order valence-corrected chi connectivity index (χ1v) is 5.83. The van der Waals surface area contributed by atoms with Crippen LogP contribution in [0.25, 0.3) is 0 Å². The van der Waals surface area contributed by atoms with Gasteiger partial charge < -0.3 is 5.11 Å². The highest BCUT2D eigenvalue weighted by molar-refractivity contribution is 6.21. The molecule has 0 aliphatic heterocycles. The fourth-order valence-corrected chi connectivity index (χ4v) is 1.98. The van der Waals surface area contributed by atoms with Crippen molar-refractivity contribution < 1.29 is 5.11 Å². The standard InChI is InChI=1S/C13H23ClO/c1-7-11(15)9-12(4,5)13(6,8-2)10(3)14/h8-10,15H,2,7H2,1,3-6H3/b11-9+/t10-,13?/m0/s1. The molecule has 0 saturated heterocycles. The highest BCUT2D eigenvalue weighted by atomic mass is 35.5. The monoisotopic (exact) mass is 230 g/mol. The second kappa shape index (κ2) is 5.07. The van der Waals surface area contributed by atoms with Gasteiger partial charge in [0.15, 0.2) is 0 Å². The van der Waals surface area contributed by atoms with Crippen LogP contribution in [0.3, 0.4) is 0 Å². The highest BCUT2D eigenvalue weighted by Crippen LogP contribution is 2.46. The van der Waals surface area contributed by atoms with Gasteiger partial charge in [-0.1, -0.05) is 33.8 Å². The Morgan fingerprint density at radius 1 is 1.47 bits per heavy atom. The molecule has 0 fully saturated rings. The lowest BCUT2D eigenvalue weighted by atomic mass is 9.64. The Bertz CT molecular complexity index is 253. The van der Waals surface area contributed by atoms with Crippen molar-refractivity contribution in [2.45, 2.75) is 46.4 Å². The van der Waals surface area contributed by atoms with E-state index in [1.807, 2.05) is 26.0 Å². The van der Waals surface area contributed by atoms with Crippen LogP contribution < -0.4 is 0 Å². The van der Waals surface area contributed by atoms with Crippen LogP contribution in [-0.2, 0) is 0 Å². The molecule has 0 saturated carbocycles. The summed E-state index contributed by atoms with van der Waals surface area (Å²) in [6, 6.07) is 0. The van der Waals surface area contributed by atoms with Crippen LogP contribution in [0.4, 0.5) is 0 Å². The first-order chi connectivity index (χ1) is 6.71. The second-order valence-electron chi connectivity index (χ2n) is 4.81. The Morgan fingerprint density at radius 3 is 2.20 bits per heavy atom. The zero-order valence-electron chi connectivity index (χ0n) is 10.5. The molecular formula is C13H23ClO. The van der Waals surface area contributed by atoms with Crippen LogP contribution in [-0.4, -0.2) is 10.5 Å². The van der Waals surface area contributed by atoms with Crippen LogP contribution in [0, 0.1) is 10.8 Å². The number of allylic oxidation sites excluding steroid dienone is 3. The van der Waals surface area contributed by atoms with E-state index in [1.54, 1.807) is 0 Å². The zero-order valence-corrected chi connectivity index (χ0v) is 11.2. The lowest BCUT2D eigenvalue weighted by molar-refractivity contribution is 0.195. The van der Waals surface area contributed by atoms with Crippen molar-refractivity contribution in [1.82, 2.24) is 0 Å². The molecule has 0 aromatic heterocycles. The first-order valence-electron chi connectivity index (χ1n) is 5.39. The van der Waals surface area contributed by atoms with Gasteiger partial charge in [-0.3, -0.25) is 0 Å². The molecule has 0 heterocycles. The minimum atomic E-state index is -0.238. The van der Waals surface area contributed by atoms with Crippen molar-refractivity contribution in [2.24, 2.45) is 10.8 Å². The third-order valence-corrected chi connectivity index (χ3v) is 3.98. The Balaban J connectivity index is 5.23. The molecule has 1 nitrogen and oxygen atoms in total. The van der Waals surface area contributed by atoms with Gasteiger partial charge in [0.05, 0.1) is 5.76 Å². The molecule has 0 bridgehead atoms. The van der Waals surface area contributed by atoms with Gasteiger partial charge in [0.25, 0.3) is 0 Å². The number of hydrogen-bond acceptors (Lipinski definition) is 1. The van der Waals surface area contributed by atoms with Crippen molar-refractivity contribution in [3.63, 3.8) is 0 Å². The van der Waals surface area contributed by atoms with Gasteiger partial charge in [-0.05, 0) is 18.4 Å². The topological polar surface area (TPSA) is 20.2 Å². The first kappa shape index (κ1) is 14.6. The number of aliphatic hydroxyl groups is 1. The van der Waals surface area contributed by atoms with E-state index in [4.69, 9.17) is 11.6 Å². The van der Waals surface area contributed by atoms with Crippen LogP contribution >= 0.6 is 11.6 Å². The molecule has 1 N–H and O–H groups in total. The average Bonchev–Trinajstić information content (AvgIpc) is 2.14. The molecule has 0 aliphatic rings. The molecule has 0 aromatic rings. The van der Waals surface area contributed by atoms with E-state index in [9.17, 15) is 5.11 Å². The summed E-state index contributed by atoms with van der Waals surface area (Å²) in [5.41, 5.74) is -0.451. The van der Waals surface area contributed by atoms with Gasteiger partial charge in [-0.2, -0.15) is 0 Å². The average molecular weight is 231 g/mol. The van der Waals surface area contributed by atoms with E-state index in [-0.39, 0.29) is 16.2 Å². The fourth-order valence-electron chi connectivity index (χ4n) is 1.61. The summed E-state index contributed by atoms with van der Waals surface area (Å²) in [6.07, 6.45) is 4.41. The molecule has 0 radical (unpaired) electrons. The van der Waals surface area contributed by atoms with E-state index in [1.165, 1.54) is 0 Å². The molecule has 0 aromatic carbocycles. The number of hydrogen-bond donors (Lipinski definition) is 1. The lowest BCUT2D eigenvalue weighted by Gasteiger charge is -2.42. The number of alkyl halides is 1. The molecule has 0 spiro atoms. The second-order valence-corrected chi connectivity index (χ2v) is 5.47. The summed E-state index contributed by atoms with van der Waals surface area (Å²) >= 11 is 6.21. The Morgan fingerprint density at radius 2 is 1.93 bits per heavy atom. The Labute approximate surface area is 98.8 Å². The van der Waals surface area contributed by atoms with E-state index in [0.717, 1.165) is 0 Å². The smallest absolute Gasteiger partial charge is 0.0885 e. The van der Waals surface area contributed by atoms with Gasteiger partial charge in [0.1, 0.15) is 0 Å².